The van der Waals surface area contributed by atoms with E-state index in [1.54, 1.807) is 11.1 Å². The van der Waals surface area contributed by atoms with Crippen molar-refractivity contribution in [3.63, 3.8) is 0 Å². The Hall–Kier alpha value is -2.82. The zero-order valence-corrected chi connectivity index (χ0v) is 20.5. The number of amides is 1. The van der Waals surface area contributed by atoms with Gasteiger partial charge in [0, 0.05) is 27.6 Å². The van der Waals surface area contributed by atoms with Gasteiger partial charge in [0.1, 0.15) is 5.82 Å². The number of carbonyl (C=O) groups excluding carboxylic acids is 1. The Morgan fingerprint density at radius 3 is 2.70 bits per heavy atom. The van der Waals surface area contributed by atoms with Crippen molar-refractivity contribution in [2.75, 3.05) is 10.8 Å². The van der Waals surface area contributed by atoms with Crippen molar-refractivity contribution in [3.8, 4) is 11.3 Å². The van der Waals surface area contributed by atoms with E-state index < -0.39 is 21.7 Å². The molecule has 1 heterocycles. The van der Waals surface area contributed by atoms with Crippen LogP contribution in [-0.2, 0) is 10.0 Å². The van der Waals surface area contributed by atoms with Gasteiger partial charge in [0.25, 0.3) is 5.91 Å². The molecule has 174 valence electrons. The maximum Gasteiger partial charge on any atom is 0.265 e. The van der Waals surface area contributed by atoms with Gasteiger partial charge < -0.3 is 0 Å². The molecule has 0 bridgehead atoms. The molecule has 3 rings (SSSR count). The molecular weight excluding hydrogens is 487 g/mol. The number of anilines is 1. The number of sulfonamides is 1. The van der Waals surface area contributed by atoms with Gasteiger partial charge in [0.15, 0.2) is 0 Å². The summed E-state index contributed by atoms with van der Waals surface area (Å²) in [5.74, 6) is -1.88. The minimum atomic E-state index is -3.81. The topological polar surface area (TPSA) is 91.7 Å². The number of nitrogens with one attached hydrogen (secondary N) is 1. The van der Waals surface area contributed by atoms with Crippen LogP contribution in [0.15, 0.2) is 52.9 Å². The molecule has 0 aliphatic heterocycles. The monoisotopic (exact) mass is 508 g/mol. The number of carbonyl (C=O) groups is 1. The Morgan fingerprint density at radius 2 is 2.03 bits per heavy atom. The summed E-state index contributed by atoms with van der Waals surface area (Å²) < 4.78 is 39.3. The van der Waals surface area contributed by atoms with Crippen molar-refractivity contribution < 1.29 is 17.6 Å². The van der Waals surface area contributed by atoms with E-state index in [9.17, 15) is 17.6 Å². The third kappa shape index (κ3) is 6.16. The molecule has 0 saturated carbocycles. The lowest BCUT2D eigenvalue weighted by Crippen LogP contribution is -2.32. The highest BCUT2D eigenvalue weighted by Crippen LogP contribution is 2.32. The molecule has 7 nitrogen and oxygen atoms in total. The standard InChI is InChI=1S/C22H22ClFN4O3S2/c1-4-33(30,31)27-21(29)18-11-16(24)10-9-15(18)12-25-28(14(2)3)22-26-20(13-32-22)17-7-5-6-8-19(17)23/h5-14H,4H2,1-3H3,(H,27,29)/b25-12+. The maximum absolute atomic E-state index is 13.8. The highest BCUT2D eigenvalue weighted by molar-refractivity contribution is 7.90. The van der Waals surface area contributed by atoms with Gasteiger partial charge in [-0.05, 0) is 45.0 Å². The highest BCUT2D eigenvalue weighted by atomic mass is 35.5. The van der Waals surface area contributed by atoms with Gasteiger partial charge in [-0.2, -0.15) is 5.10 Å². The van der Waals surface area contributed by atoms with E-state index in [-0.39, 0.29) is 22.9 Å². The lowest BCUT2D eigenvalue weighted by molar-refractivity contribution is 0.0981. The molecule has 1 N–H and O–H groups in total. The third-order valence-corrected chi connectivity index (χ3v) is 6.95. The Bertz CT molecular complexity index is 1290. The molecular formula is C22H22ClFN4O3S2. The van der Waals surface area contributed by atoms with E-state index in [2.05, 4.69) is 10.1 Å². The zero-order valence-electron chi connectivity index (χ0n) is 18.1. The second-order valence-corrected chi connectivity index (χ2v) is 10.5. The van der Waals surface area contributed by atoms with Gasteiger partial charge in [-0.15, -0.1) is 11.3 Å². The van der Waals surface area contributed by atoms with E-state index in [0.29, 0.717) is 15.8 Å². The summed E-state index contributed by atoms with van der Waals surface area (Å²) in [6, 6.07) is 10.8. The number of aromatic nitrogens is 1. The number of thiazole rings is 1. The first kappa shape index (κ1) is 24.8. The molecule has 0 fully saturated rings. The van der Waals surface area contributed by atoms with E-state index in [1.807, 2.05) is 42.1 Å². The van der Waals surface area contributed by atoms with Gasteiger partial charge in [-0.3, -0.25) is 4.79 Å². The summed E-state index contributed by atoms with van der Waals surface area (Å²) in [4.78, 5) is 17.1. The van der Waals surface area contributed by atoms with Crippen molar-refractivity contribution in [3.05, 3.63) is 69.8 Å². The average molecular weight is 509 g/mol. The Labute approximate surface area is 201 Å². The van der Waals surface area contributed by atoms with Gasteiger partial charge in [-0.25, -0.2) is 27.5 Å². The van der Waals surface area contributed by atoms with Crippen LogP contribution in [0.4, 0.5) is 9.52 Å². The molecule has 1 amide bonds. The molecule has 0 unspecified atom stereocenters. The summed E-state index contributed by atoms with van der Waals surface area (Å²) in [5, 5.41) is 9.15. The van der Waals surface area contributed by atoms with Crippen LogP contribution in [0, 0.1) is 5.82 Å². The highest BCUT2D eigenvalue weighted by Gasteiger charge is 2.19. The Morgan fingerprint density at radius 1 is 1.30 bits per heavy atom. The van der Waals surface area contributed by atoms with Crippen LogP contribution in [0.1, 0.15) is 36.7 Å². The van der Waals surface area contributed by atoms with Crippen LogP contribution in [0.3, 0.4) is 0 Å². The molecule has 0 radical (unpaired) electrons. The molecule has 0 aliphatic carbocycles. The van der Waals surface area contributed by atoms with Gasteiger partial charge in [0.2, 0.25) is 15.2 Å². The molecule has 1 aromatic heterocycles. The molecule has 33 heavy (non-hydrogen) atoms. The average Bonchev–Trinajstić information content (AvgIpc) is 3.24. The molecule has 11 heteroatoms. The predicted octanol–water partition coefficient (Wildman–Crippen LogP) is 4.93. The molecule has 0 spiro atoms. The molecule has 0 atom stereocenters. The van der Waals surface area contributed by atoms with Crippen molar-refractivity contribution in [2.24, 2.45) is 5.10 Å². The lowest BCUT2D eigenvalue weighted by atomic mass is 10.1. The number of halogens is 2. The van der Waals surface area contributed by atoms with Crippen LogP contribution in [0.25, 0.3) is 11.3 Å². The number of rotatable bonds is 8. The molecule has 2 aromatic carbocycles. The fourth-order valence-electron chi connectivity index (χ4n) is 2.80. The van der Waals surface area contributed by atoms with E-state index in [4.69, 9.17) is 11.6 Å². The Balaban J connectivity index is 1.93. The first-order valence-electron chi connectivity index (χ1n) is 9.99. The summed E-state index contributed by atoms with van der Waals surface area (Å²) in [6.07, 6.45) is 1.38. The number of nitrogens with zero attached hydrogens (tertiary/aromatic N) is 3. The zero-order chi connectivity index (χ0) is 24.2. The largest absolute Gasteiger partial charge is 0.268 e. The minimum absolute atomic E-state index is 0.0929. The van der Waals surface area contributed by atoms with Crippen molar-refractivity contribution in [1.29, 1.82) is 0 Å². The summed E-state index contributed by atoms with van der Waals surface area (Å²) >= 11 is 7.65. The second kappa shape index (κ2) is 10.4. The van der Waals surface area contributed by atoms with Gasteiger partial charge >= 0.3 is 0 Å². The minimum Gasteiger partial charge on any atom is -0.268 e. The van der Waals surface area contributed by atoms with Crippen LogP contribution in [-0.4, -0.2) is 37.3 Å². The number of hydrogen-bond donors (Lipinski definition) is 1. The fourth-order valence-corrected chi connectivity index (χ4v) is 4.48. The SMILES string of the molecule is CCS(=O)(=O)NC(=O)c1cc(F)ccc1/C=N/N(c1nc(-c2ccccc2Cl)cs1)C(C)C. The second-order valence-electron chi connectivity index (χ2n) is 7.24. The predicted molar refractivity (Wildman–Crippen MR) is 131 cm³/mol. The number of benzene rings is 2. The van der Waals surface area contributed by atoms with Crippen LogP contribution in [0.2, 0.25) is 5.02 Å². The first-order chi connectivity index (χ1) is 15.6. The fraction of sp³-hybridized carbons (Fsp3) is 0.227. The first-order valence-corrected chi connectivity index (χ1v) is 12.9. The van der Waals surface area contributed by atoms with Gasteiger partial charge in [-0.1, -0.05) is 29.8 Å². The number of hydrogen-bond acceptors (Lipinski definition) is 7. The molecule has 0 aliphatic rings. The van der Waals surface area contributed by atoms with Gasteiger partial charge in [0.05, 0.1) is 23.2 Å². The van der Waals surface area contributed by atoms with Crippen LogP contribution >= 0.6 is 22.9 Å². The van der Waals surface area contributed by atoms with E-state index >= 15 is 0 Å². The number of hydrazone groups is 1. The third-order valence-electron chi connectivity index (χ3n) is 4.54. The van der Waals surface area contributed by atoms with Crippen molar-refractivity contribution in [1.82, 2.24) is 9.71 Å². The summed E-state index contributed by atoms with van der Waals surface area (Å²) in [7, 11) is -3.81. The van der Waals surface area contributed by atoms with Crippen molar-refractivity contribution in [2.45, 2.75) is 26.8 Å². The molecule has 0 saturated heterocycles. The van der Waals surface area contributed by atoms with Crippen LogP contribution in [0.5, 0.6) is 0 Å². The smallest absolute Gasteiger partial charge is 0.265 e. The quantitative estimate of drug-likeness (QED) is 0.344. The Kier molecular flexibility index (Phi) is 7.83. The normalized spacial score (nSPS) is 11.8. The van der Waals surface area contributed by atoms with E-state index in [1.165, 1.54) is 36.6 Å². The molecule has 3 aromatic rings. The lowest BCUT2D eigenvalue weighted by Gasteiger charge is -2.20. The van der Waals surface area contributed by atoms with Crippen LogP contribution < -0.4 is 9.73 Å². The summed E-state index contributed by atoms with van der Waals surface area (Å²) in [6.45, 7) is 5.23. The van der Waals surface area contributed by atoms with E-state index in [0.717, 1.165) is 11.6 Å². The maximum atomic E-state index is 13.8. The van der Waals surface area contributed by atoms with Crippen molar-refractivity contribution >= 4 is 50.2 Å². The summed E-state index contributed by atoms with van der Waals surface area (Å²) in [5.41, 5.74) is 1.61.